The summed E-state index contributed by atoms with van der Waals surface area (Å²) in [6.45, 7) is 0.585. The molecule has 1 amide bonds. The average molecular weight is 516 g/mol. The lowest BCUT2D eigenvalue weighted by Crippen LogP contribution is -2.25. The van der Waals surface area contributed by atoms with Crippen molar-refractivity contribution in [2.24, 2.45) is 7.05 Å². The molecule has 0 unspecified atom stereocenters. The highest BCUT2D eigenvalue weighted by Crippen LogP contribution is 2.35. The number of carbonyl (C=O) groups is 1. The first kappa shape index (κ1) is 26.4. The molecule has 4 aromatic rings. The van der Waals surface area contributed by atoms with Gasteiger partial charge in [-0.05, 0) is 30.5 Å². The number of hydrogen-bond acceptors (Lipinski definition) is 5. The highest BCUT2D eigenvalue weighted by Gasteiger charge is 2.18. The van der Waals surface area contributed by atoms with Crippen molar-refractivity contribution < 1.29 is 14.3 Å². The van der Waals surface area contributed by atoms with Gasteiger partial charge in [0.1, 0.15) is 0 Å². The molecule has 37 heavy (non-hydrogen) atoms. The quantitative estimate of drug-likeness (QED) is 0.185. The highest BCUT2D eigenvalue weighted by atomic mass is 32.2. The number of hydrogen-bond donors (Lipinski definition) is 1. The van der Waals surface area contributed by atoms with Crippen LogP contribution in [0.15, 0.2) is 84.0 Å². The lowest BCUT2D eigenvalue weighted by molar-refractivity contribution is -0.121. The van der Waals surface area contributed by atoms with Gasteiger partial charge in [0.25, 0.3) is 0 Å². The second-order valence-corrected chi connectivity index (χ2v) is 9.69. The van der Waals surface area contributed by atoms with Crippen LogP contribution in [0.2, 0.25) is 0 Å². The van der Waals surface area contributed by atoms with Crippen LogP contribution in [0.4, 0.5) is 0 Å². The number of nitrogens with one attached hydrogen (secondary N) is 1. The first-order chi connectivity index (χ1) is 18.1. The number of ether oxygens (including phenoxy) is 2. The zero-order valence-corrected chi connectivity index (χ0v) is 22.4. The Morgan fingerprint density at radius 1 is 0.919 bits per heavy atom. The van der Waals surface area contributed by atoms with Crippen LogP contribution >= 0.6 is 11.8 Å². The Bertz CT molecular complexity index is 1310. The average Bonchev–Trinajstić information content (AvgIpc) is 3.27. The molecular weight excluding hydrogens is 482 g/mol. The molecule has 7 heteroatoms. The predicted octanol–water partition coefficient (Wildman–Crippen LogP) is 6.00. The molecule has 192 valence electrons. The molecule has 0 aliphatic heterocycles. The summed E-state index contributed by atoms with van der Waals surface area (Å²) in [6.07, 6.45) is 2.00. The van der Waals surface area contributed by atoms with Gasteiger partial charge < -0.3 is 19.4 Å². The third-order valence-electron chi connectivity index (χ3n) is 6.11. The number of nitrogens with zero attached hydrogens (tertiary/aromatic N) is 2. The summed E-state index contributed by atoms with van der Waals surface area (Å²) in [4.78, 5) is 17.4. The summed E-state index contributed by atoms with van der Waals surface area (Å²) >= 11 is 1.69. The van der Waals surface area contributed by atoms with E-state index in [0.717, 1.165) is 51.8 Å². The molecule has 0 spiro atoms. The summed E-state index contributed by atoms with van der Waals surface area (Å²) in [7, 11) is 5.30. The van der Waals surface area contributed by atoms with Crippen molar-refractivity contribution in [3.8, 4) is 34.0 Å². The molecule has 4 rings (SSSR count). The summed E-state index contributed by atoms with van der Waals surface area (Å²) in [5, 5.41) is 3.97. The number of methoxy groups -OCH3 is 2. The molecule has 1 N–H and O–H groups in total. The van der Waals surface area contributed by atoms with E-state index in [1.165, 1.54) is 0 Å². The molecule has 0 aliphatic carbocycles. The predicted molar refractivity (Wildman–Crippen MR) is 150 cm³/mol. The van der Waals surface area contributed by atoms with Crippen LogP contribution in [0, 0.1) is 0 Å². The van der Waals surface area contributed by atoms with Crippen LogP contribution in [0.1, 0.15) is 18.4 Å². The molecule has 0 saturated carbocycles. The summed E-state index contributed by atoms with van der Waals surface area (Å²) in [5.41, 5.74) is 5.40. The van der Waals surface area contributed by atoms with Gasteiger partial charge in [0.15, 0.2) is 16.7 Å². The maximum atomic E-state index is 12.4. The number of rotatable bonds is 12. The van der Waals surface area contributed by atoms with E-state index in [1.54, 1.807) is 26.0 Å². The van der Waals surface area contributed by atoms with Crippen LogP contribution in [0.5, 0.6) is 11.5 Å². The minimum absolute atomic E-state index is 0.0656. The van der Waals surface area contributed by atoms with E-state index < -0.39 is 0 Å². The minimum atomic E-state index is 0.0656. The van der Waals surface area contributed by atoms with Gasteiger partial charge in [-0.2, -0.15) is 0 Å². The lowest BCUT2D eigenvalue weighted by atomic mass is 10.1. The maximum absolute atomic E-state index is 12.4. The largest absolute Gasteiger partial charge is 0.493 e. The number of benzene rings is 3. The van der Waals surface area contributed by atoms with Crippen molar-refractivity contribution in [2.75, 3.05) is 26.5 Å². The van der Waals surface area contributed by atoms with Gasteiger partial charge in [0.05, 0.1) is 25.6 Å². The van der Waals surface area contributed by atoms with E-state index in [2.05, 4.69) is 41.2 Å². The molecule has 1 heterocycles. The summed E-state index contributed by atoms with van der Waals surface area (Å²) in [6, 6.07) is 26.5. The van der Waals surface area contributed by atoms with Gasteiger partial charge in [-0.1, -0.05) is 78.5 Å². The molecule has 0 saturated heterocycles. The van der Waals surface area contributed by atoms with Gasteiger partial charge in [0.2, 0.25) is 5.91 Å². The van der Waals surface area contributed by atoms with Crippen LogP contribution in [0.3, 0.4) is 0 Å². The Hall–Kier alpha value is -3.71. The monoisotopic (exact) mass is 515 g/mol. The maximum Gasteiger partial charge on any atom is 0.220 e. The van der Waals surface area contributed by atoms with Crippen LogP contribution in [-0.2, 0) is 18.3 Å². The van der Waals surface area contributed by atoms with E-state index in [0.29, 0.717) is 24.5 Å². The van der Waals surface area contributed by atoms with Crippen LogP contribution in [0.25, 0.3) is 22.5 Å². The van der Waals surface area contributed by atoms with Crippen molar-refractivity contribution in [1.82, 2.24) is 14.9 Å². The molecule has 0 atom stereocenters. The molecule has 6 nitrogen and oxygen atoms in total. The van der Waals surface area contributed by atoms with Crippen molar-refractivity contribution in [1.29, 1.82) is 0 Å². The Kier molecular flexibility index (Phi) is 9.27. The van der Waals surface area contributed by atoms with E-state index in [4.69, 9.17) is 14.5 Å². The van der Waals surface area contributed by atoms with Gasteiger partial charge in [0, 0.05) is 36.9 Å². The topological polar surface area (TPSA) is 65.4 Å². The molecule has 1 aromatic heterocycles. The standard InChI is InChI=1S/C30H33N3O3S/c1-33-29(24-13-8-5-9-14-24)28(23-11-6-4-7-12-23)32-30(33)37-20-10-15-27(34)31-19-18-22-16-17-25(35-2)26(21-22)36-3/h4-9,11-14,16-17,21H,10,15,18-20H2,1-3H3,(H,31,34). The van der Waals surface area contributed by atoms with Gasteiger partial charge >= 0.3 is 0 Å². The first-order valence-electron chi connectivity index (χ1n) is 12.4. The van der Waals surface area contributed by atoms with Gasteiger partial charge in [-0.15, -0.1) is 0 Å². The number of imidazole rings is 1. The van der Waals surface area contributed by atoms with Crippen molar-refractivity contribution in [2.45, 2.75) is 24.4 Å². The van der Waals surface area contributed by atoms with Crippen molar-refractivity contribution >= 4 is 17.7 Å². The Morgan fingerprint density at radius 2 is 1.59 bits per heavy atom. The Labute approximate surface area is 223 Å². The number of thioether (sulfide) groups is 1. The van der Waals surface area contributed by atoms with E-state index in [9.17, 15) is 4.79 Å². The number of amides is 1. The zero-order valence-electron chi connectivity index (χ0n) is 21.6. The summed E-state index contributed by atoms with van der Waals surface area (Å²) < 4.78 is 12.8. The zero-order chi connectivity index (χ0) is 26.0. The van der Waals surface area contributed by atoms with Gasteiger partial charge in [-0.3, -0.25) is 4.79 Å². The first-order valence-corrected chi connectivity index (χ1v) is 13.4. The Morgan fingerprint density at radius 3 is 2.27 bits per heavy atom. The fourth-order valence-corrected chi connectivity index (χ4v) is 5.11. The van der Waals surface area contributed by atoms with E-state index in [-0.39, 0.29) is 5.91 Å². The third-order valence-corrected chi connectivity index (χ3v) is 7.23. The normalized spacial score (nSPS) is 10.8. The van der Waals surface area contributed by atoms with Gasteiger partial charge in [-0.25, -0.2) is 4.98 Å². The smallest absolute Gasteiger partial charge is 0.220 e. The van der Waals surface area contributed by atoms with Crippen LogP contribution in [-0.4, -0.2) is 42.0 Å². The fourth-order valence-electron chi connectivity index (χ4n) is 4.20. The summed E-state index contributed by atoms with van der Waals surface area (Å²) in [5.74, 6) is 2.28. The number of aromatic nitrogens is 2. The molecule has 0 bridgehead atoms. The number of carbonyl (C=O) groups excluding carboxylic acids is 1. The minimum Gasteiger partial charge on any atom is -0.493 e. The van der Waals surface area contributed by atoms with Crippen LogP contribution < -0.4 is 14.8 Å². The second-order valence-electron chi connectivity index (χ2n) is 8.62. The Balaban J connectivity index is 1.30. The fraction of sp³-hybridized carbons (Fsp3) is 0.267. The highest BCUT2D eigenvalue weighted by molar-refractivity contribution is 7.99. The second kappa shape index (κ2) is 13.0. The molecular formula is C30H33N3O3S. The van der Waals surface area contributed by atoms with Crippen molar-refractivity contribution in [3.63, 3.8) is 0 Å². The lowest BCUT2D eigenvalue weighted by Gasteiger charge is -2.10. The van der Waals surface area contributed by atoms with E-state index >= 15 is 0 Å². The SMILES string of the molecule is COc1ccc(CCNC(=O)CCCSc2nc(-c3ccccc3)c(-c3ccccc3)n2C)cc1OC. The molecule has 0 radical (unpaired) electrons. The molecule has 3 aromatic carbocycles. The van der Waals surface area contributed by atoms with Crippen molar-refractivity contribution in [3.05, 3.63) is 84.4 Å². The molecule has 0 aliphatic rings. The third kappa shape index (κ3) is 6.74. The van der Waals surface area contributed by atoms with E-state index in [1.807, 2.05) is 54.6 Å². The molecule has 0 fully saturated rings.